The number of primary sulfonamides is 1. The van der Waals surface area contributed by atoms with Gasteiger partial charge in [0.25, 0.3) is 5.91 Å². The van der Waals surface area contributed by atoms with E-state index in [4.69, 9.17) is 5.14 Å². The van der Waals surface area contributed by atoms with Crippen LogP contribution in [0, 0.1) is 0 Å². The number of nitrogens with one attached hydrogen (secondary N) is 2. The third-order valence-electron chi connectivity index (χ3n) is 3.72. The van der Waals surface area contributed by atoms with Crippen LogP contribution in [-0.4, -0.2) is 26.0 Å². The Morgan fingerprint density at radius 1 is 1.04 bits per heavy atom. The van der Waals surface area contributed by atoms with E-state index in [1.54, 1.807) is 24.3 Å². The summed E-state index contributed by atoms with van der Waals surface area (Å²) in [6.07, 6.45) is 0. The molecule has 0 radical (unpaired) electrons. The van der Waals surface area contributed by atoms with Crippen LogP contribution < -0.4 is 15.8 Å². The Hall–Kier alpha value is -3.04. The normalized spacial score (nSPS) is 16.0. The number of para-hydroxylation sites is 1. The van der Waals surface area contributed by atoms with Gasteiger partial charge in [0.1, 0.15) is 5.92 Å². The first-order valence-electron chi connectivity index (χ1n) is 7.15. The Balaban J connectivity index is 1.78. The van der Waals surface area contributed by atoms with Crippen molar-refractivity contribution in [1.82, 2.24) is 0 Å². The van der Waals surface area contributed by atoms with Gasteiger partial charge >= 0.3 is 0 Å². The summed E-state index contributed by atoms with van der Waals surface area (Å²) in [5.74, 6) is -3.65. The fourth-order valence-corrected chi connectivity index (χ4v) is 3.04. The summed E-state index contributed by atoms with van der Waals surface area (Å²) < 4.78 is 22.4. The fourth-order valence-electron chi connectivity index (χ4n) is 2.52. The summed E-state index contributed by atoms with van der Waals surface area (Å²) in [4.78, 5) is 36.4. The number of carbonyl (C=O) groups is 3. The number of hydrogen-bond donors (Lipinski definition) is 3. The molecular weight excluding hydrogens is 346 g/mol. The van der Waals surface area contributed by atoms with Gasteiger partial charge in [-0.1, -0.05) is 18.2 Å². The van der Waals surface area contributed by atoms with E-state index in [2.05, 4.69) is 10.6 Å². The van der Waals surface area contributed by atoms with Crippen molar-refractivity contribution in [2.75, 3.05) is 10.6 Å². The molecule has 128 valence electrons. The largest absolute Gasteiger partial charge is 0.325 e. The molecule has 1 atom stereocenters. The van der Waals surface area contributed by atoms with Crippen molar-refractivity contribution >= 4 is 39.0 Å². The Morgan fingerprint density at radius 2 is 1.68 bits per heavy atom. The zero-order chi connectivity index (χ0) is 18.2. The molecule has 2 aromatic rings. The van der Waals surface area contributed by atoms with Crippen LogP contribution in [0.2, 0.25) is 0 Å². The summed E-state index contributed by atoms with van der Waals surface area (Å²) in [7, 11) is -3.85. The number of sulfonamides is 1. The van der Waals surface area contributed by atoms with Crippen LogP contribution in [0.15, 0.2) is 53.4 Å². The molecule has 0 bridgehead atoms. The second kappa shape index (κ2) is 6.11. The highest BCUT2D eigenvalue weighted by Gasteiger charge is 2.39. The Kier molecular flexibility index (Phi) is 4.11. The van der Waals surface area contributed by atoms with Crippen LogP contribution in [0.1, 0.15) is 11.5 Å². The lowest BCUT2D eigenvalue weighted by atomic mass is 9.95. The molecule has 4 N–H and O–H groups in total. The smallest absolute Gasteiger partial charge is 0.292 e. The molecule has 0 saturated carbocycles. The molecule has 1 aliphatic rings. The van der Waals surface area contributed by atoms with Gasteiger partial charge in [-0.05, 0) is 35.9 Å². The van der Waals surface area contributed by atoms with E-state index in [9.17, 15) is 22.8 Å². The lowest BCUT2D eigenvalue weighted by Gasteiger charge is -2.09. The average Bonchev–Trinajstić information content (AvgIpc) is 2.89. The number of carbonyl (C=O) groups excluding carboxylic acids is 3. The summed E-state index contributed by atoms with van der Waals surface area (Å²) in [5, 5.41) is 9.88. The SMILES string of the molecule is NS(=O)(=O)c1ccc(NC(=O)C(=O)[C@@H]2C(=O)Nc3ccccc32)cc1. The second-order valence-corrected chi connectivity index (χ2v) is 6.96. The van der Waals surface area contributed by atoms with Gasteiger partial charge in [-0.15, -0.1) is 0 Å². The Morgan fingerprint density at radius 3 is 2.32 bits per heavy atom. The summed E-state index contributed by atoms with van der Waals surface area (Å²) in [6.45, 7) is 0. The number of amides is 2. The first-order valence-corrected chi connectivity index (χ1v) is 8.70. The van der Waals surface area contributed by atoms with E-state index in [1.165, 1.54) is 24.3 Å². The molecule has 1 aliphatic heterocycles. The van der Waals surface area contributed by atoms with Crippen molar-refractivity contribution in [1.29, 1.82) is 0 Å². The van der Waals surface area contributed by atoms with Gasteiger partial charge in [0.05, 0.1) is 4.90 Å². The second-order valence-electron chi connectivity index (χ2n) is 5.40. The minimum absolute atomic E-state index is 0.124. The zero-order valence-corrected chi connectivity index (χ0v) is 13.5. The highest BCUT2D eigenvalue weighted by molar-refractivity contribution is 7.89. The molecule has 2 aromatic carbocycles. The molecule has 0 aromatic heterocycles. The molecule has 0 aliphatic carbocycles. The number of Topliss-reactive ketones (excluding diaryl/α,β-unsaturated/α-hetero) is 1. The number of nitrogens with two attached hydrogens (primary N) is 1. The van der Waals surface area contributed by atoms with E-state index < -0.39 is 33.5 Å². The molecule has 9 heteroatoms. The standard InChI is InChI=1S/C16H13N3O5S/c17-25(23,24)10-7-5-9(6-8-10)18-16(22)14(20)13-11-3-1-2-4-12(11)19-15(13)21/h1-8,13H,(H,18,22)(H,19,21)(H2,17,23,24)/t13-/m1/s1. The maximum Gasteiger partial charge on any atom is 0.292 e. The van der Waals surface area contributed by atoms with E-state index >= 15 is 0 Å². The maximum atomic E-state index is 12.4. The van der Waals surface area contributed by atoms with Crippen LogP contribution in [0.3, 0.4) is 0 Å². The number of anilines is 2. The van der Waals surface area contributed by atoms with Crippen LogP contribution >= 0.6 is 0 Å². The minimum atomic E-state index is -3.85. The van der Waals surface area contributed by atoms with Gasteiger partial charge in [0, 0.05) is 11.4 Å². The molecule has 0 saturated heterocycles. The predicted octanol–water partition coefficient (Wildman–Crippen LogP) is 0.577. The van der Waals surface area contributed by atoms with Crippen LogP contribution in [0.5, 0.6) is 0 Å². The summed E-state index contributed by atoms with van der Waals surface area (Å²) >= 11 is 0. The molecule has 0 spiro atoms. The van der Waals surface area contributed by atoms with Crippen molar-refractivity contribution in [2.24, 2.45) is 5.14 Å². The third kappa shape index (κ3) is 3.28. The molecule has 25 heavy (non-hydrogen) atoms. The number of fused-ring (bicyclic) bond motifs is 1. The van der Waals surface area contributed by atoms with E-state index in [0.29, 0.717) is 11.3 Å². The molecule has 3 rings (SSSR count). The first-order chi connectivity index (χ1) is 11.8. The van der Waals surface area contributed by atoms with E-state index in [-0.39, 0.29) is 10.6 Å². The van der Waals surface area contributed by atoms with Crippen molar-refractivity contribution in [2.45, 2.75) is 10.8 Å². The van der Waals surface area contributed by atoms with Crippen molar-refractivity contribution < 1.29 is 22.8 Å². The highest BCUT2D eigenvalue weighted by Crippen LogP contribution is 2.32. The zero-order valence-electron chi connectivity index (χ0n) is 12.7. The van der Waals surface area contributed by atoms with Gasteiger partial charge in [-0.3, -0.25) is 14.4 Å². The molecule has 0 fully saturated rings. The van der Waals surface area contributed by atoms with Crippen LogP contribution in [0.25, 0.3) is 0 Å². The predicted molar refractivity (Wildman–Crippen MR) is 89.3 cm³/mol. The molecular formula is C16H13N3O5S. The Bertz CT molecular complexity index is 983. The van der Waals surface area contributed by atoms with Crippen molar-refractivity contribution in [3.63, 3.8) is 0 Å². The molecule has 2 amide bonds. The number of rotatable bonds is 4. The topological polar surface area (TPSA) is 135 Å². The number of ketones is 1. The van der Waals surface area contributed by atoms with E-state index in [0.717, 1.165) is 0 Å². The maximum absolute atomic E-state index is 12.4. The van der Waals surface area contributed by atoms with Gasteiger partial charge in [0.2, 0.25) is 21.7 Å². The van der Waals surface area contributed by atoms with Crippen molar-refractivity contribution in [3.8, 4) is 0 Å². The Labute approximate surface area is 143 Å². The minimum Gasteiger partial charge on any atom is -0.325 e. The van der Waals surface area contributed by atoms with Crippen molar-refractivity contribution in [3.05, 3.63) is 54.1 Å². The van der Waals surface area contributed by atoms with Crippen LogP contribution in [0.4, 0.5) is 11.4 Å². The lowest BCUT2D eigenvalue weighted by Crippen LogP contribution is -2.31. The van der Waals surface area contributed by atoms with Gasteiger partial charge in [-0.25, -0.2) is 13.6 Å². The molecule has 0 unspecified atom stereocenters. The number of hydrogen-bond acceptors (Lipinski definition) is 5. The highest BCUT2D eigenvalue weighted by atomic mass is 32.2. The monoisotopic (exact) mass is 359 g/mol. The molecule has 1 heterocycles. The number of benzene rings is 2. The van der Waals surface area contributed by atoms with Gasteiger partial charge in [0.15, 0.2) is 0 Å². The lowest BCUT2D eigenvalue weighted by molar-refractivity contribution is -0.138. The van der Waals surface area contributed by atoms with Crippen LogP contribution in [-0.2, 0) is 24.4 Å². The summed E-state index contributed by atoms with van der Waals surface area (Å²) in [5.41, 5.74) is 1.14. The quantitative estimate of drug-likeness (QED) is 0.542. The first kappa shape index (κ1) is 16.8. The third-order valence-corrected chi connectivity index (χ3v) is 4.65. The van der Waals surface area contributed by atoms with Gasteiger partial charge in [-0.2, -0.15) is 0 Å². The van der Waals surface area contributed by atoms with Gasteiger partial charge < -0.3 is 10.6 Å². The van der Waals surface area contributed by atoms with E-state index in [1.807, 2.05) is 0 Å². The fraction of sp³-hybridized carbons (Fsp3) is 0.0625. The summed E-state index contributed by atoms with van der Waals surface area (Å²) in [6, 6.07) is 11.6. The average molecular weight is 359 g/mol. The molecule has 8 nitrogen and oxygen atoms in total.